The van der Waals surface area contributed by atoms with Crippen molar-refractivity contribution in [1.29, 1.82) is 0 Å². The lowest BCUT2D eigenvalue weighted by Gasteiger charge is -2.13. The highest BCUT2D eigenvalue weighted by Gasteiger charge is 2.06. The Labute approximate surface area is 166 Å². The average Bonchev–Trinajstić information content (AvgIpc) is 3.08. The predicted molar refractivity (Wildman–Crippen MR) is 115 cm³/mol. The maximum atomic E-state index is 4.71. The van der Waals surface area contributed by atoms with Crippen LogP contribution in [0.25, 0.3) is 0 Å². The number of guanidine groups is 1. The van der Waals surface area contributed by atoms with E-state index in [1.54, 1.807) is 11.3 Å². The van der Waals surface area contributed by atoms with Crippen LogP contribution in [-0.4, -0.2) is 30.6 Å². The van der Waals surface area contributed by atoms with Crippen molar-refractivity contribution in [2.45, 2.75) is 33.1 Å². The number of rotatable bonds is 7. The number of nitrogens with zero attached hydrogens (tertiary/aromatic N) is 2. The zero-order chi connectivity index (χ0) is 16.5. The van der Waals surface area contributed by atoms with Gasteiger partial charge in [0.2, 0.25) is 0 Å². The molecular formula is C18H27IN4S. The van der Waals surface area contributed by atoms with Crippen molar-refractivity contribution < 1.29 is 0 Å². The molecule has 0 aliphatic rings. The van der Waals surface area contributed by atoms with E-state index < -0.39 is 0 Å². The summed E-state index contributed by atoms with van der Waals surface area (Å²) >= 11 is 1.74. The Hall–Kier alpha value is -1.15. The lowest BCUT2D eigenvalue weighted by molar-refractivity contribution is 0.747. The third-order valence-electron chi connectivity index (χ3n) is 3.80. The second kappa shape index (κ2) is 11.4. The Morgan fingerprint density at radius 1 is 1.33 bits per heavy atom. The van der Waals surface area contributed by atoms with Crippen molar-refractivity contribution in [2.75, 3.05) is 19.6 Å². The number of halogens is 1. The molecule has 0 aliphatic heterocycles. The Kier molecular flexibility index (Phi) is 9.94. The molecule has 0 amide bonds. The van der Waals surface area contributed by atoms with E-state index in [0.29, 0.717) is 5.92 Å². The molecule has 2 aromatic heterocycles. The smallest absolute Gasteiger partial charge is 0.191 e. The summed E-state index contributed by atoms with van der Waals surface area (Å²) in [5, 5.41) is 11.1. The molecule has 1 atom stereocenters. The number of aromatic nitrogens is 1. The molecule has 132 valence electrons. The summed E-state index contributed by atoms with van der Waals surface area (Å²) in [6.45, 7) is 8.93. The van der Waals surface area contributed by atoms with Crippen LogP contribution in [0.2, 0.25) is 0 Å². The zero-order valence-electron chi connectivity index (χ0n) is 14.6. The summed E-state index contributed by atoms with van der Waals surface area (Å²) in [5.74, 6) is 1.33. The number of thiophene rings is 1. The highest BCUT2D eigenvalue weighted by atomic mass is 127. The standard InChI is InChI=1S/C18H26N4S.HI/c1-4-20-18(22-12-15(3)17-7-10-23-13-17)21-9-6-16-5-8-19-11-14(16)2;/h5,7-8,10-11,13,15H,4,6,9,12H2,1-3H3,(H2,20,21,22);1H. The first-order chi connectivity index (χ1) is 11.2. The van der Waals surface area contributed by atoms with E-state index in [4.69, 9.17) is 4.99 Å². The molecule has 6 heteroatoms. The third-order valence-corrected chi connectivity index (χ3v) is 4.50. The molecule has 4 nitrogen and oxygen atoms in total. The van der Waals surface area contributed by atoms with Crippen LogP contribution >= 0.6 is 35.3 Å². The summed E-state index contributed by atoms with van der Waals surface area (Å²) in [4.78, 5) is 8.84. The van der Waals surface area contributed by atoms with E-state index in [-0.39, 0.29) is 24.0 Å². The molecule has 1 unspecified atom stereocenters. The van der Waals surface area contributed by atoms with Crippen molar-refractivity contribution in [1.82, 2.24) is 15.6 Å². The second-order valence-corrected chi connectivity index (χ2v) is 6.44. The summed E-state index contributed by atoms with van der Waals surface area (Å²) < 4.78 is 0. The second-order valence-electron chi connectivity index (χ2n) is 5.66. The van der Waals surface area contributed by atoms with Crippen LogP contribution in [0.15, 0.2) is 40.3 Å². The number of aryl methyl sites for hydroxylation is 1. The Balaban J connectivity index is 0.00000288. The first kappa shape index (κ1) is 20.9. The fourth-order valence-electron chi connectivity index (χ4n) is 2.33. The number of aliphatic imine (C=N–C) groups is 1. The van der Waals surface area contributed by atoms with E-state index in [9.17, 15) is 0 Å². The van der Waals surface area contributed by atoms with Crippen LogP contribution in [0.4, 0.5) is 0 Å². The van der Waals surface area contributed by atoms with Gasteiger partial charge in [-0.25, -0.2) is 0 Å². The van der Waals surface area contributed by atoms with Gasteiger partial charge in [0.15, 0.2) is 5.96 Å². The van der Waals surface area contributed by atoms with Gasteiger partial charge < -0.3 is 10.6 Å². The molecule has 2 aromatic rings. The quantitative estimate of drug-likeness (QED) is 0.375. The van der Waals surface area contributed by atoms with Crippen molar-refractivity contribution in [2.24, 2.45) is 4.99 Å². The fraction of sp³-hybridized carbons (Fsp3) is 0.444. The normalized spacial score (nSPS) is 12.4. The highest BCUT2D eigenvalue weighted by molar-refractivity contribution is 14.0. The van der Waals surface area contributed by atoms with Crippen LogP contribution in [0.3, 0.4) is 0 Å². The number of pyridine rings is 1. The molecule has 0 bridgehead atoms. The van der Waals surface area contributed by atoms with Gasteiger partial charge in [-0.2, -0.15) is 11.3 Å². The summed E-state index contributed by atoms with van der Waals surface area (Å²) in [5.41, 5.74) is 3.93. The molecular weight excluding hydrogens is 431 g/mol. The summed E-state index contributed by atoms with van der Waals surface area (Å²) in [7, 11) is 0. The first-order valence-corrected chi connectivity index (χ1v) is 9.08. The van der Waals surface area contributed by atoms with Gasteiger partial charge in [-0.1, -0.05) is 6.92 Å². The molecule has 2 N–H and O–H groups in total. The largest absolute Gasteiger partial charge is 0.357 e. The Bertz CT molecular complexity index is 613. The monoisotopic (exact) mass is 458 g/mol. The van der Waals surface area contributed by atoms with E-state index in [0.717, 1.165) is 32.0 Å². The number of hydrogen-bond acceptors (Lipinski definition) is 3. The van der Waals surface area contributed by atoms with Gasteiger partial charge in [-0.05, 0) is 59.9 Å². The lowest BCUT2D eigenvalue weighted by atomic mass is 10.1. The van der Waals surface area contributed by atoms with Crippen molar-refractivity contribution in [3.63, 3.8) is 0 Å². The minimum Gasteiger partial charge on any atom is -0.357 e. The van der Waals surface area contributed by atoms with Gasteiger partial charge in [-0.15, -0.1) is 24.0 Å². The molecule has 0 saturated carbocycles. The van der Waals surface area contributed by atoms with Gasteiger partial charge in [0, 0.05) is 37.9 Å². The van der Waals surface area contributed by atoms with Crippen molar-refractivity contribution >= 4 is 41.3 Å². The average molecular weight is 458 g/mol. The predicted octanol–water partition coefficient (Wildman–Crippen LogP) is 3.97. The van der Waals surface area contributed by atoms with Crippen LogP contribution in [0.5, 0.6) is 0 Å². The van der Waals surface area contributed by atoms with E-state index >= 15 is 0 Å². The fourth-order valence-corrected chi connectivity index (χ4v) is 3.11. The maximum Gasteiger partial charge on any atom is 0.191 e. The van der Waals surface area contributed by atoms with E-state index in [1.165, 1.54) is 16.7 Å². The Morgan fingerprint density at radius 2 is 2.17 bits per heavy atom. The molecule has 0 aromatic carbocycles. The van der Waals surface area contributed by atoms with E-state index in [1.807, 2.05) is 12.4 Å². The third kappa shape index (κ3) is 6.76. The van der Waals surface area contributed by atoms with Crippen LogP contribution in [0, 0.1) is 6.92 Å². The minimum atomic E-state index is 0. The molecule has 24 heavy (non-hydrogen) atoms. The van der Waals surface area contributed by atoms with Crippen LogP contribution in [0.1, 0.15) is 36.5 Å². The van der Waals surface area contributed by atoms with Gasteiger partial charge in [0.05, 0.1) is 0 Å². The zero-order valence-corrected chi connectivity index (χ0v) is 17.7. The first-order valence-electron chi connectivity index (χ1n) is 8.14. The van der Waals surface area contributed by atoms with Crippen LogP contribution in [-0.2, 0) is 6.42 Å². The Morgan fingerprint density at radius 3 is 2.83 bits per heavy atom. The maximum absolute atomic E-state index is 4.71. The molecule has 0 radical (unpaired) electrons. The minimum absolute atomic E-state index is 0. The molecule has 2 rings (SSSR count). The summed E-state index contributed by atoms with van der Waals surface area (Å²) in [6, 6.07) is 4.26. The SMILES string of the molecule is CCNC(=NCC(C)c1ccsc1)NCCc1ccncc1C.I. The van der Waals surface area contributed by atoms with Gasteiger partial charge >= 0.3 is 0 Å². The van der Waals surface area contributed by atoms with Crippen molar-refractivity contribution in [3.8, 4) is 0 Å². The molecule has 2 heterocycles. The molecule has 0 saturated heterocycles. The van der Waals surface area contributed by atoms with E-state index in [2.05, 4.69) is 59.3 Å². The lowest BCUT2D eigenvalue weighted by Crippen LogP contribution is -2.38. The number of hydrogen-bond donors (Lipinski definition) is 2. The molecule has 0 spiro atoms. The van der Waals surface area contributed by atoms with Gasteiger partial charge in [0.1, 0.15) is 0 Å². The molecule has 0 aliphatic carbocycles. The topological polar surface area (TPSA) is 49.3 Å². The molecule has 0 fully saturated rings. The van der Waals surface area contributed by atoms with Gasteiger partial charge in [0.25, 0.3) is 0 Å². The van der Waals surface area contributed by atoms with Crippen LogP contribution < -0.4 is 10.6 Å². The summed E-state index contributed by atoms with van der Waals surface area (Å²) in [6.07, 6.45) is 4.74. The highest BCUT2D eigenvalue weighted by Crippen LogP contribution is 2.18. The number of nitrogens with one attached hydrogen (secondary N) is 2. The van der Waals surface area contributed by atoms with Gasteiger partial charge in [-0.3, -0.25) is 9.98 Å². The van der Waals surface area contributed by atoms with Crippen molar-refractivity contribution in [3.05, 3.63) is 52.0 Å².